The molecule has 1 aromatic carbocycles. The molecule has 0 saturated heterocycles. The molecule has 34 heavy (non-hydrogen) atoms. The van der Waals surface area contributed by atoms with Crippen LogP contribution in [0.15, 0.2) is 55.0 Å². The van der Waals surface area contributed by atoms with Gasteiger partial charge < -0.3 is 16.2 Å². The fraction of sp³-hybridized carbons (Fsp3) is 0.308. The lowest BCUT2D eigenvalue weighted by atomic mass is 9.87. The van der Waals surface area contributed by atoms with Gasteiger partial charge in [-0.25, -0.2) is 15.0 Å². The van der Waals surface area contributed by atoms with E-state index in [1.54, 1.807) is 24.5 Å². The van der Waals surface area contributed by atoms with Crippen LogP contribution in [0.4, 0.5) is 11.6 Å². The summed E-state index contributed by atoms with van der Waals surface area (Å²) in [5.41, 5.74) is 10.3. The number of rotatable bonds is 5. The van der Waals surface area contributed by atoms with Crippen molar-refractivity contribution in [3.8, 4) is 11.3 Å². The number of nitrogens with zero attached hydrogens (tertiary/aromatic N) is 4. The number of carbonyl (C=O) groups excluding carboxylic acids is 1. The van der Waals surface area contributed by atoms with E-state index >= 15 is 0 Å². The monoisotopic (exact) mass is 456 g/mol. The van der Waals surface area contributed by atoms with Crippen LogP contribution in [-0.4, -0.2) is 36.5 Å². The summed E-state index contributed by atoms with van der Waals surface area (Å²) in [5.74, 6) is 1.97. The first-order valence-electron chi connectivity index (χ1n) is 11.7. The van der Waals surface area contributed by atoms with Crippen molar-refractivity contribution in [2.24, 2.45) is 0 Å². The number of hydrogen-bond donors (Lipinski definition) is 3. The van der Waals surface area contributed by atoms with Crippen LogP contribution in [0, 0.1) is 0 Å². The Labute approximate surface area is 197 Å². The standard InChI is InChI=1S/C26H28N6O2/c1-2-16-11-12-28-23(13-16)31-26(34)19-5-3-17(4-6-19)21-15-32-22(24(27)30-21)14-29-25(32)18-7-9-20(33)10-8-18/h3-6,11-15,18,20,33H,2,7-10H2,1H3,(H2,27,30)(H,28,31,34)/t18-,20-. The molecule has 1 aliphatic rings. The Morgan fingerprint density at radius 2 is 1.91 bits per heavy atom. The van der Waals surface area contributed by atoms with Crippen LogP contribution in [0.2, 0.25) is 0 Å². The number of imidazole rings is 1. The molecule has 8 heteroatoms. The van der Waals surface area contributed by atoms with E-state index in [1.165, 1.54) is 0 Å². The summed E-state index contributed by atoms with van der Waals surface area (Å²) in [5, 5.41) is 12.7. The molecule has 3 aromatic heterocycles. The van der Waals surface area contributed by atoms with Crippen LogP contribution in [-0.2, 0) is 6.42 Å². The van der Waals surface area contributed by atoms with Crippen molar-refractivity contribution >= 4 is 23.1 Å². The van der Waals surface area contributed by atoms with Gasteiger partial charge in [-0.1, -0.05) is 19.1 Å². The van der Waals surface area contributed by atoms with Crippen LogP contribution < -0.4 is 11.1 Å². The molecule has 3 heterocycles. The number of nitrogens with two attached hydrogens (primary N) is 1. The Balaban J connectivity index is 1.39. The number of aliphatic hydroxyl groups excluding tert-OH is 1. The van der Waals surface area contributed by atoms with E-state index < -0.39 is 0 Å². The van der Waals surface area contributed by atoms with Gasteiger partial charge in [-0.2, -0.15) is 0 Å². The van der Waals surface area contributed by atoms with Crippen LogP contribution in [0.25, 0.3) is 16.8 Å². The maximum absolute atomic E-state index is 12.7. The maximum Gasteiger partial charge on any atom is 0.256 e. The molecule has 1 amide bonds. The van der Waals surface area contributed by atoms with Crippen molar-refractivity contribution in [3.63, 3.8) is 0 Å². The number of aliphatic hydroxyl groups is 1. The van der Waals surface area contributed by atoms with Crippen LogP contribution >= 0.6 is 0 Å². The lowest BCUT2D eigenvalue weighted by Gasteiger charge is -2.24. The molecule has 1 aliphatic carbocycles. The molecular formula is C26H28N6O2. The average Bonchev–Trinajstić information content (AvgIpc) is 3.29. The fourth-order valence-electron chi connectivity index (χ4n) is 4.56. The minimum Gasteiger partial charge on any atom is -0.393 e. The second kappa shape index (κ2) is 9.23. The molecule has 0 aliphatic heterocycles. The number of hydrogen-bond acceptors (Lipinski definition) is 6. The number of pyridine rings is 1. The van der Waals surface area contributed by atoms with Crippen molar-refractivity contribution in [1.29, 1.82) is 0 Å². The van der Waals surface area contributed by atoms with Crippen molar-refractivity contribution in [2.45, 2.75) is 51.0 Å². The van der Waals surface area contributed by atoms with Crippen molar-refractivity contribution in [3.05, 3.63) is 71.9 Å². The Morgan fingerprint density at radius 3 is 2.65 bits per heavy atom. The highest BCUT2D eigenvalue weighted by Crippen LogP contribution is 2.34. The lowest BCUT2D eigenvalue weighted by Crippen LogP contribution is -2.18. The van der Waals surface area contributed by atoms with Gasteiger partial charge >= 0.3 is 0 Å². The Hall–Kier alpha value is -3.78. The molecule has 8 nitrogen and oxygen atoms in total. The molecule has 4 N–H and O–H groups in total. The zero-order valence-electron chi connectivity index (χ0n) is 19.1. The highest BCUT2D eigenvalue weighted by atomic mass is 16.3. The predicted molar refractivity (Wildman–Crippen MR) is 132 cm³/mol. The summed E-state index contributed by atoms with van der Waals surface area (Å²) in [7, 11) is 0. The van der Waals surface area contributed by atoms with E-state index in [1.807, 2.05) is 34.9 Å². The highest BCUT2D eigenvalue weighted by molar-refractivity contribution is 6.04. The molecule has 0 atom stereocenters. The average molecular weight is 457 g/mol. The number of nitrogens with one attached hydrogen (secondary N) is 1. The quantitative estimate of drug-likeness (QED) is 0.414. The third-order valence-corrected chi connectivity index (χ3v) is 6.56. The number of amides is 1. The van der Waals surface area contributed by atoms with Gasteiger partial charge in [0, 0.05) is 29.4 Å². The smallest absolute Gasteiger partial charge is 0.256 e. The maximum atomic E-state index is 12.7. The Kier molecular flexibility index (Phi) is 5.98. The minimum absolute atomic E-state index is 0.216. The summed E-state index contributed by atoms with van der Waals surface area (Å²) in [6, 6.07) is 11.1. The molecule has 0 spiro atoms. The summed E-state index contributed by atoms with van der Waals surface area (Å²) >= 11 is 0. The molecule has 1 saturated carbocycles. The molecule has 174 valence electrons. The topological polar surface area (TPSA) is 118 Å². The normalized spacial score (nSPS) is 18.2. The van der Waals surface area contributed by atoms with Crippen molar-refractivity contribution < 1.29 is 9.90 Å². The highest BCUT2D eigenvalue weighted by Gasteiger charge is 2.25. The van der Waals surface area contributed by atoms with E-state index in [2.05, 4.69) is 27.2 Å². The minimum atomic E-state index is -0.216. The predicted octanol–water partition coefficient (Wildman–Crippen LogP) is 4.21. The van der Waals surface area contributed by atoms with Crippen molar-refractivity contribution in [2.75, 3.05) is 11.1 Å². The van der Waals surface area contributed by atoms with Gasteiger partial charge in [0.1, 0.15) is 23.0 Å². The first kappa shape index (κ1) is 22.0. The zero-order valence-corrected chi connectivity index (χ0v) is 19.1. The Bertz CT molecular complexity index is 1320. The van der Waals surface area contributed by atoms with E-state index in [0.29, 0.717) is 22.9 Å². The van der Waals surface area contributed by atoms with Gasteiger partial charge in [0.25, 0.3) is 5.91 Å². The van der Waals surface area contributed by atoms with Gasteiger partial charge in [-0.3, -0.25) is 9.20 Å². The Morgan fingerprint density at radius 1 is 1.15 bits per heavy atom. The zero-order chi connectivity index (χ0) is 23.7. The number of nitrogen functional groups attached to an aromatic ring is 1. The number of benzene rings is 1. The van der Waals surface area contributed by atoms with Gasteiger partial charge in [0.2, 0.25) is 0 Å². The number of aryl methyl sites for hydroxylation is 1. The molecule has 0 bridgehead atoms. The van der Waals surface area contributed by atoms with Crippen LogP contribution in [0.1, 0.15) is 60.3 Å². The first-order valence-corrected chi connectivity index (χ1v) is 11.7. The third kappa shape index (κ3) is 4.36. The SMILES string of the molecule is CCc1ccnc(NC(=O)c2ccc(-c3cn4c(cnc4[C@H]4CC[C@H](O)CC4)c(N)n3)cc2)c1. The number of aromatic nitrogens is 4. The first-order chi connectivity index (χ1) is 16.5. The molecule has 0 radical (unpaired) electrons. The van der Waals surface area contributed by atoms with E-state index in [9.17, 15) is 9.90 Å². The molecule has 1 fully saturated rings. The summed E-state index contributed by atoms with van der Waals surface area (Å²) < 4.78 is 2.02. The lowest BCUT2D eigenvalue weighted by molar-refractivity contribution is 0.102. The summed E-state index contributed by atoms with van der Waals surface area (Å²) in [6.07, 6.45) is 9.45. The second-order valence-electron chi connectivity index (χ2n) is 8.82. The second-order valence-corrected chi connectivity index (χ2v) is 8.82. The van der Waals surface area contributed by atoms with Crippen LogP contribution in [0.5, 0.6) is 0 Å². The summed E-state index contributed by atoms with van der Waals surface area (Å²) in [6.45, 7) is 2.06. The largest absolute Gasteiger partial charge is 0.393 e. The molecule has 0 unspecified atom stereocenters. The van der Waals surface area contributed by atoms with E-state index in [0.717, 1.165) is 54.6 Å². The molecule has 5 rings (SSSR count). The van der Waals surface area contributed by atoms with E-state index in [-0.39, 0.29) is 17.9 Å². The van der Waals surface area contributed by atoms with Gasteiger partial charge in [-0.15, -0.1) is 0 Å². The third-order valence-electron chi connectivity index (χ3n) is 6.56. The van der Waals surface area contributed by atoms with Gasteiger partial charge in [0.05, 0.1) is 18.0 Å². The van der Waals surface area contributed by atoms with Crippen molar-refractivity contribution in [1.82, 2.24) is 19.4 Å². The molecular weight excluding hydrogens is 428 g/mol. The molecule has 4 aromatic rings. The van der Waals surface area contributed by atoms with Gasteiger partial charge in [0.15, 0.2) is 0 Å². The number of carbonyl (C=O) groups is 1. The van der Waals surface area contributed by atoms with E-state index in [4.69, 9.17) is 5.73 Å². The summed E-state index contributed by atoms with van der Waals surface area (Å²) in [4.78, 5) is 26.1. The van der Waals surface area contributed by atoms with Crippen LogP contribution in [0.3, 0.4) is 0 Å². The van der Waals surface area contributed by atoms with Gasteiger partial charge in [-0.05, 0) is 61.9 Å². The number of anilines is 2. The number of fused-ring (bicyclic) bond motifs is 1. The fourth-order valence-corrected chi connectivity index (χ4v) is 4.56.